The number of benzene rings is 1. The Kier molecular flexibility index (Phi) is 3.71. The average molecular weight is 246 g/mol. The fourth-order valence-corrected chi connectivity index (χ4v) is 2.77. The van der Waals surface area contributed by atoms with Crippen molar-refractivity contribution in [2.45, 2.75) is 51.5 Å². The van der Waals surface area contributed by atoms with Crippen LogP contribution in [0.2, 0.25) is 0 Å². The lowest BCUT2D eigenvalue weighted by molar-refractivity contribution is -0.117. The van der Waals surface area contributed by atoms with Gasteiger partial charge in [0.15, 0.2) is 0 Å². The highest BCUT2D eigenvalue weighted by Gasteiger charge is 2.31. The zero-order valence-corrected chi connectivity index (χ0v) is 11.3. The molecular formula is C15H22N2O. The van der Waals surface area contributed by atoms with E-state index in [2.05, 4.69) is 5.32 Å². The molecule has 0 unspecified atom stereocenters. The summed E-state index contributed by atoms with van der Waals surface area (Å²) in [7, 11) is 0. The van der Waals surface area contributed by atoms with E-state index in [1.165, 1.54) is 0 Å². The predicted molar refractivity (Wildman–Crippen MR) is 74.5 cm³/mol. The first-order valence-corrected chi connectivity index (χ1v) is 6.65. The maximum atomic E-state index is 12.1. The molecule has 0 bridgehead atoms. The molecule has 3 heteroatoms. The molecule has 1 fully saturated rings. The Morgan fingerprint density at radius 2 is 1.83 bits per heavy atom. The number of aryl methyl sites for hydroxylation is 2. The molecule has 0 spiro atoms. The van der Waals surface area contributed by atoms with Crippen molar-refractivity contribution in [1.82, 2.24) is 0 Å². The van der Waals surface area contributed by atoms with Crippen molar-refractivity contribution in [3.63, 3.8) is 0 Å². The van der Waals surface area contributed by atoms with Crippen molar-refractivity contribution in [2.75, 3.05) is 5.32 Å². The Morgan fingerprint density at radius 3 is 2.39 bits per heavy atom. The number of nitrogens with one attached hydrogen (secondary N) is 1. The second kappa shape index (κ2) is 5.11. The minimum absolute atomic E-state index is 0.0387. The second-order valence-corrected chi connectivity index (χ2v) is 5.56. The van der Waals surface area contributed by atoms with Crippen LogP contribution in [0.5, 0.6) is 0 Å². The minimum atomic E-state index is -0.277. The van der Waals surface area contributed by atoms with Gasteiger partial charge >= 0.3 is 0 Å². The third-order valence-corrected chi connectivity index (χ3v) is 3.86. The third-order valence-electron chi connectivity index (χ3n) is 3.86. The van der Waals surface area contributed by atoms with Gasteiger partial charge in [-0.15, -0.1) is 0 Å². The first kappa shape index (κ1) is 13.1. The Hall–Kier alpha value is -1.35. The zero-order chi connectivity index (χ0) is 13.2. The van der Waals surface area contributed by atoms with Crippen LogP contribution in [0.15, 0.2) is 18.2 Å². The summed E-state index contributed by atoms with van der Waals surface area (Å²) >= 11 is 0. The first-order chi connectivity index (χ1) is 8.50. The van der Waals surface area contributed by atoms with Gasteiger partial charge in [-0.3, -0.25) is 4.79 Å². The van der Waals surface area contributed by atoms with E-state index in [0.717, 1.165) is 42.5 Å². The molecule has 1 aromatic rings. The van der Waals surface area contributed by atoms with E-state index in [9.17, 15) is 4.79 Å². The van der Waals surface area contributed by atoms with E-state index >= 15 is 0 Å². The number of hydrogen-bond acceptors (Lipinski definition) is 2. The molecule has 0 atom stereocenters. The molecule has 3 N–H and O–H groups in total. The summed E-state index contributed by atoms with van der Waals surface area (Å²) in [6.07, 6.45) is 4.65. The molecule has 2 rings (SSSR count). The van der Waals surface area contributed by atoms with Crippen LogP contribution in [0.3, 0.4) is 0 Å². The van der Waals surface area contributed by atoms with Gasteiger partial charge in [0.25, 0.3) is 0 Å². The molecule has 1 saturated carbocycles. The molecule has 0 aliphatic heterocycles. The van der Waals surface area contributed by atoms with Gasteiger partial charge in [0.05, 0.1) is 0 Å². The molecule has 1 aliphatic carbocycles. The van der Waals surface area contributed by atoms with Crippen LogP contribution in [0.1, 0.15) is 43.2 Å². The lowest BCUT2D eigenvalue weighted by Gasteiger charge is -2.23. The molecule has 0 aromatic heterocycles. The van der Waals surface area contributed by atoms with Gasteiger partial charge in [-0.25, -0.2) is 0 Å². The molecule has 98 valence electrons. The highest BCUT2D eigenvalue weighted by atomic mass is 16.1. The second-order valence-electron chi connectivity index (χ2n) is 5.56. The average Bonchev–Trinajstić information content (AvgIpc) is 2.70. The van der Waals surface area contributed by atoms with Gasteiger partial charge in [0.1, 0.15) is 0 Å². The lowest BCUT2D eigenvalue weighted by atomic mass is 9.94. The molecule has 1 amide bonds. The van der Waals surface area contributed by atoms with Gasteiger partial charge in [-0.1, -0.05) is 31.0 Å². The van der Waals surface area contributed by atoms with Crippen molar-refractivity contribution in [3.05, 3.63) is 29.3 Å². The van der Waals surface area contributed by atoms with Crippen LogP contribution in [-0.4, -0.2) is 11.4 Å². The molecule has 1 aliphatic rings. The number of carbonyl (C=O) groups excluding carboxylic acids is 1. The molecule has 18 heavy (non-hydrogen) atoms. The van der Waals surface area contributed by atoms with Crippen molar-refractivity contribution < 1.29 is 4.79 Å². The number of anilines is 1. The zero-order valence-electron chi connectivity index (χ0n) is 11.3. The normalized spacial score (nSPS) is 17.7. The van der Waals surface area contributed by atoms with Crippen LogP contribution in [-0.2, 0) is 4.79 Å². The van der Waals surface area contributed by atoms with E-state index in [1.807, 2.05) is 32.0 Å². The summed E-state index contributed by atoms with van der Waals surface area (Å²) in [5, 5.41) is 3.01. The van der Waals surface area contributed by atoms with E-state index in [-0.39, 0.29) is 11.4 Å². The summed E-state index contributed by atoms with van der Waals surface area (Å²) in [5.74, 6) is 0.0387. The largest absolute Gasteiger partial charge is 0.326 e. The van der Waals surface area contributed by atoms with Crippen LogP contribution in [0, 0.1) is 13.8 Å². The number of amides is 1. The molecule has 1 aromatic carbocycles. The van der Waals surface area contributed by atoms with Crippen molar-refractivity contribution in [2.24, 2.45) is 5.73 Å². The minimum Gasteiger partial charge on any atom is -0.326 e. The standard InChI is InChI=1S/C15H22N2O/c1-11-6-5-7-12(2)14(11)17-13(18)10-15(16)8-3-4-9-15/h5-7H,3-4,8-10,16H2,1-2H3,(H,17,18). The molecule has 0 radical (unpaired) electrons. The van der Waals surface area contributed by atoms with E-state index in [1.54, 1.807) is 0 Å². The highest BCUT2D eigenvalue weighted by molar-refractivity contribution is 5.93. The Labute approximate surface area is 109 Å². The molecule has 0 saturated heterocycles. The van der Waals surface area contributed by atoms with Crippen LogP contribution in [0.4, 0.5) is 5.69 Å². The SMILES string of the molecule is Cc1cccc(C)c1NC(=O)CC1(N)CCCC1. The maximum Gasteiger partial charge on any atom is 0.226 e. The highest BCUT2D eigenvalue weighted by Crippen LogP contribution is 2.30. The number of hydrogen-bond donors (Lipinski definition) is 2. The monoisotopic (exact) mass is 246 g/mol. The van der Waals surface area contributed by atoms with Crippen molar-refractivity contribution >= 4 is 11.6 Å². The van der Waals surface area contributed by atoms with E-state index in [4.69, 9.17) is 5.73 Å². The maximum absolute atomic E-state index is 12.1. The summed E-state index contributed by atoms with van der Waals surface area (Å²) in [5.41, 5.74) is 9.08. The van der Waals surface area contributed by atoms with E-state index in [0.29, 0.717) is 6.42 Å². The number of rotatable bonds is 3. The summed E-state index contributed by atoms with van der Waals surface area (Å²) in [4.78, 5) is 12.1. The van der Waals surface area contributed by atoms with Crippen LogP contribution >= 0.6 is 0 Å². The lowest BCUT2D eigenvalue weighted by Crippen LogP contribution is -2.40. The Morgan fingerprint density at radius 1 is 1.28 bits per heavy atom. The van der Waals surface area contributed by atoms with E-state index < -0.39 is 0 Å². The Bertz CT molecular complexity index is 428. The third kappa shape index (κ3) is 2.91. The van der Waals surface area contributed by atoms with Gasteiger partial charge in [0, 0.05) is 17.6 Å². The number of para-hydroxylation sites is 1. The molecular weight excluding hydrogens is 224 g/mol. The van der Waals surface area contributed by atoms with Gasteiger partial charge in [-0.2, -0.15) is 0 Å². The summed E-state index contributed by atoms with van der Waals surface area (Å²) in [6, 6.07) is 6.02. The van der Waals surface area contributed by atoms with Crippen molar-refractivity contribution in [1.29, 1.82) is 0 Å². The van der Waals surface area contributed by atoms with Crippen LogP contribution < -0.4 is 11.1 Å². The molecule has 3 nitrogen and oxygen atoms in total. The fourth-order valence-electron chi connectivity index (χ4n) is 2.77. The quantitative estimate of drug-likeness (QED) is 0.861. The number of carbonyl (C=O) groups is 1. The van der Waals surface area contributed by atoms with Gasteiger partial charge in [0.2, 0.25) is 5.91 Å². The smallest absolute Gasteiger partial charge is 0.226 e. The summed E-state index contributed by atoms with van der Waals surface area (Å²) < 4.78 is 0. The van der Waals surface area contributed by atoms with Crippen LogP contribution in [0.25, 0.3) is 0 Å². The predicted octanol–water partition coefficient (Wildman–Crippen LogP) is 2.90. The first-order valence-electron chi connectivity index (χ1n) is 6.65. The molecule has 0 heterocycles. The van der Waals surface area contributed by atoms with Crippen molar-refractivity contribution in [3.8, 4) is 0 Å². The number of nitrogens with two attached hydrogens (primary N) is 1. The topological polar surface area (TPSA) is 55.1 Å². The Balaban J connectivity index is 2.03. The fraction of sp³-hybridized carbons (Fsp3) is 0.533. The van der Waals surface area contributed by atoms with Gasteiger partial charge < -0.3 is 11.1 Å². The summed E-state index contributed by atoms with van der Waals surface area (Å²) in [6.45, 7) is 4.02. The van der Waals surface area contributed by atoms with Gasteiger partial charge in [-0.05, 0) is 37.8 Å².